The first kappa shape index (κ1) is 39.4. The van der Waals surface area contributed by atoms with E-state index in [2.05, 4.69) is 276 Å². The lowest BCUT2D eigenvalue weighted by atomic mass is 9.84. The second-order valence-electron chi connectivity index (χ2n) is 17.6. The van der Waals surface area contributed by atoms with Gasteiger partial charge in [0.1, 0.15) is 0 Å². The van der Waals surface area contributed by atoms with Crippen molar-refractivity contribution < 1.29 is 0 Å². The van der Waals surface area contributed by atoms with E-state index in [1.54, 1.807) is 0 Å². The number of rotatable bonds is 8. The summed E-state index contributed by atoms with van der Waals surface area (Å²) in [6.07, 6.45) is 0. The quantitative estimate of drug-likeness (QED) is 0.144. The average Bonchev–Trinajstić information content (AvgIpc) is 3.94. The van der Waals surface area contributed by atoms with E-state index in [0.29, 0.717) is 0 Å². The SMILES string of the molecule is c1ccc(-c2cc(-c3ccccc3)c(-c3ccc(-c4ccc(-n5c6ccccc6c6ccccc65)cc4)c(-c4ccc(-n5c6ccccc6c6ccccc65)cc4)c3)cc2-c2ccccc2)cc1. The van der Waals surface area contributed by atoms with Crippen molar-refractivity contribution in [2.45, 2.75) is 0 Å². The smallest absolute Gasteiger partial charge is 0.0541 e. The second-order valence-corrected chi connectivity index (χ2v) is 17.6. The Hall–Kier alpha value is -8.98. The van der Waals surface area contributed by atoms with E-state index in [0.717, 1.165) is 28.1 Å². The Balaban J connectivity index is 1.01. The van der Waals surface area contributed by atoms with Gasteiger partial charge in [0, 0.05) is 32.9 Å². The van der Waals surface area contributed by atoms with Gasteiger partial charge in [-0.15, -0.1) is 0 Å². The fourth-order valence-corrected chi connectivity index (χ4v) is 10.6. The molecule has 68 heavy (non-hydrogen) atoms. The van der Waals surface area contributed by atoms with Gasteiger partial charge in [-0.05, 0) is 133 Å². The molecule has 0 saturated carbocycles. The first-order chi connectivity index (χ1) is 33.7. The topological polar surface area (TPSA) is 9.86 Å². The lowest BCUT2D eigenvalue weighted by molar-refractivity contribution is 1.18. The van der Waals surface area contributed by atoms with Crippen LogP contribution in [0.25, 0.3) is 122 Å². The van der Waals surface area contributed by atoms with E-state index in [-0.39, 0.29) is 0 Å². The number of nitrogens with zero attached hydrogens (tertiary/aromatic N) is 2. The maximum absolute atomic E-state index is 2.42. The molecule has 0 N–H and O–H groups in total. The minimum Gasteiger partial charge on any atom is -0.309 e. The van der Waals surface area contributed by atoms with Crippen molar-refractivity contribution in [2.24, 2.45) is 0 Å². The number of fused-ring (bicyclic) bond motifs is 6. The molecule has 2 nitrogen and oxygen atoms in total. The van der Waals surface area contributed by atoms with Gasteiger partial charge >= 0.3 is 0 Å². The van der Waals surface area contributed by atoms with Crippen LogP contribution in [0.1, 0.15) is 0 Å². The molecule has 0 saturated heterocycles. The predicted octanol–water partition coefficient (Wildman–Crippen LogP) is 17.9. The number of hydrogen-bond acceptors (Lipinski definition) is 0. The monoisotopic (exact) mass is 864 g/mol. The van der Waals surface area contributed by atoms with Crippen molar-refractivity contribution in [2.75, 3.05) is 0 Å². The van der Waals surface area contributed by atoms with Crippen LogP contribution in [0.15, 0.2) is 267 Å². The molecule has 0 spiro atoms. The second kappa shape index (κ2) is 16.5. The van der Waals surface area contributed by atoms with Crippen molar-refractivity contribution in [3.05, 3.63) is 267 Å². The Bertz CT molecular complexity index is 3870. The third-order valence-electron chi connectivity index (χ3n) is 13.8. The molecule has 0 aliphatic carbocycles. The van der Waals surface area contributed by atoms with E-state index >= 15 is 0 Å². The zero-order valence-electron chi connectivity index (χ0n) is 37.3. The number of para-hydroxylation sites is 4. The van der Waals surface area contributed by atoms with Gasteiger partial charge in [0.2, 0.25) is 0 Å². The fraction of sp³-hybridized carbons (Fsp3) is 0. The van der Waals surface area contributed by atoms with Gasteiger partial charge in [0.25, 0.3) is 0 Å². The van der Waals surface area contributed by atoms with Gasteiger partial charge in [-0.2, -0.15) is 0 Å². The van der Waals surface area contributed by atoms with E-state index < -0.39 is 0 Å². The largest absolute Gasteiger partial charge is 0.309 e. The Morgan fingerprint density at radius 1 is 0.176 bits per heavy atom. The summed E-state index contributed by atoms with van der Waals surface area (Å²) in [7, 11) is 0. The summed E-state index contributed by atoms with van der Waals surface area (Å²) in [5, 5.41) is 5.04. The van der Waals surface area contributed by atoms with E-state index in [1.807, 2.05) is 0 Å². The van der Waals surface area contributed by atoms with Crippen LogP contribution in [0.5, 0.6) is 0 Å². The molecule has 2 heteroatoms. The van der Waals surface area contributed by atoms with Crippen LogP contribution in [0, 0.1) is 0 Å². The van der Waals surface area contributed by atoms with Gasteiger partial charge in [-0.25, -0.2) is 0 Å². The molecule has 0 amide bonds. The highest BCUT2D eigenvalue weighted by molar-refractivity contribution is 6.10. The Morgan fingerprint density at radius 2 is 0.441 bits per heavy atom. The highest BCUT2D eigenvalue weighted by Crippen LogP contribution is 2.45. The molecule has 13 aromatic rings. The highest BCUT2D eigenvalue weighted by atomic mass is 15.0. The van der Waals surface area contributed by atoms with Crippen molar-refractivity contribution in [1.29, 1.82) is 0 Å². The first-order valence-corrected chi connectivity index (χ1v) is 23.4. The molecule has 0 radical (unpaired) electrons. The van der Waals surface area contributed by atoms with Crippen LogP contribution >= 0.6 is 0 Å². The summed E-state index contributed by atoms with van der Waals surface area (Å²) < 4.78 is 4.78. The van der Waals surface area contributed by atoms with Crippen LogP contribution in [0.3, 0.4) is 0 Å². The van der Waals surface area contributed by atoms with E-state index in [4.69, 9.17) is 0 Å². The zero-order chi connectivity index (χ0) is 45.0. The van der Waals surface area contributed by atoms with Crippen molar-refractivity contribution in [1.82, 2.24) is 9.13 Å². The Morgan fingerprint density at radius 3 is 0.809 bits per heavy atom. The van der Waals surface area contributed by atoms with Crippen LogP contribution in [-0.2, 0) is 0 Å². The summed E-state index contributed by atoms with van der Waals surface area (Å²) >= 11 is 0. The van der Waals surface area contributed by atoms with Crippen molar-refractivity contribution in [3.63, 3.8) is 0 Å². The lowest BCUT2D eigenvalue weighted by Crippen LogP contribution is -1.96. The summed E-state index contributed by atoms with van der Waals surface area (Å²) in [4.78, 5) is 0. The molecule has 318 valence electrons. The number of benzene rings is 11. The molecule has 0 bridgehead atoms. The first-order valence-electron chi connectivity index (χ1n) is 23.4. The van der Waals surface area contributed by atoms with Crippen LogP contribution in [-0.4, -0.2) is 9.13 Å². The minimum atomic E-state index is 1.13. The molecule has 13 rings (SSSR count). The third-order valence-corrected chi connectivity index (χ3v) is 13.8. The molecule has 2 aromatic heterocycles. The zero-order valence-corrected chi connectivity index (χ0v) is 37.3. The fourth-order valence-electron chi connectivity index (χ4n) is 10.6. The summed E-state index contributed by atoms with van der Waals surface area (Å²) in [5.41, 5.74) is 21.3. The van der Waals surface area contributed by atoms with E-state index in [9.17, 15) is 0 Å². The summed E-state index contributed by atoms with van der Waals surface area (Å²) in [5.74, 6) is 0. The maximum atomic E-state index is 2.42. The number of hydrogen-bond donors (Lipinski definition) is 0. The standard InChI is InChI=1S/C66H44N2/c1-4-18-45(19-5-1)59-43-61(47-22-8-3-9-23-47)62(44-60(59)46-20-6-2-7-21-46)50-36-41-53(48-32-37-51(38-33-48)67-63-28-14-10-24-54(63)55-25-11-15-29-64(55)67)58(42-50)49-34-39-52(40-35-49)68-65-30-16-12-26-56(65)57-27-13-17-31-66(57)68/h1-44H. The molecular weight excluding hydrogens is 821 g/mol. The molecule has 0 unspecified atom stereocenters. The molecule has 0 aliphatic rings. The molecule has 0 aliphatic heterocycles. The minimum absolute atomic E-state index is 1.13. The Labute approximate surface area is 395 Å². The molecule has 0 atom stereocenters. The number of aromatic nitrogens is 2. The van der Waals surface area contributed by atoms with Crippen LogP contribution in [0.4, 0.5) is 0 Å². The van der Waals surface area contributed by atoms with Crippen molar-refractivity contribution in [3.8, 4) is 78.1 Å². The van der Waals surface area contributed by atoms with Crippen molar-refractivity contribution >= 4 is 43.6 Å². The molecular formula is C66H44N2. The van der Waals surface area contributed by atoms with Crippen LogP contribution in [0.2, 0.25) is 0 Å². The van der Waals surface area contributed by atoms with E-state index in [1.165, 1.54) is 93.7 Å². The molecule has 0 fully saturated rings. The van der Waals surface area contributed by atoms with Crippen LogP contribution < -0.4 is 0 Å². The molecule has 11 aromatic carbocycles. The lowest BCUT2D eigenvalue weighted by Gasteiger charge is -2.20. The highest BCUT2D eigenvalue weighted by Gasteiger charge is 2.20. The van der Waals surface area contributed by atoms with Gasteiger partial charge in [-0.3, -0.25) is 0 Å². The average molecular weight is 865 g/mol. The predicted molar refractivity (Wildman–Crippen MR) is 288 cm³/mol. The van der Waals surface area contributed by atoms with Gasteiger partial charge in [0.05, 0.1) is 22.1 Å². The summed E-state index contributed by atoms with van der Waals surface area (Å²) in [6.45, 7) is 0. The normalized spacial score (nSPS) is 11.5. The van der Waals surface area contributed by atoms with Gasteiger partial charge in [0.15, 0.2) is 0 Å². The van der Waals surface area contributed by atoms with Gasteiger partial charge in [-0.1, -0.05) is 200 Å². The third kappa shape index (κ3) is 6.65. The molecule has 2 heterocycles. The summed E-state index contributed by atoms with van der Waals surface area (Å²) in [6, 6.07) is 97.6. The maximum Gasteiger partial charge on any atom is 0.0541 e. The Kier molecular flexibility index (Phi) is 9.54. The van der Waals surface area contributed by atoms with Gasteiger partial charge < -0.3 is 9.13 Å².